The lowest BCUT2D eigenvalue weighted by Gasteiger charge is -2.16. The third-order valence-electron chi connectivity index (χ3n) is 5.30. The summed E-state index contributed by atoms with van der Waals surface area (Å²) in [4.78, 5) is 3.27. The fraction of sp³-hybridized carbons (Fsp3) is 0.304. The Morgan fingerprint density at radius 3 is 2.69 bits per heavy atom. The number of H-pyrrole nitrogens is 1. The lowest BCUT2D eigenvalue weighted by Crippen LogP contribution is -2.23. The van der Waals surface area contributed by atoms with E-state index in [2.05, 4.69) is 27.0 Å². The number of ether oxygens (including phenoxy) is 1. The van der Waals surface area contributed by atoms with E-state index in [1.165, 1.54) is 12.8 Å². The van der Waals surface area contributed by atoms with E-state index in [9.17, 15) is 5.26 Å². The molecule has 0 aliphatic heterocycles. The Labute approximate surface area is 178 Å². The summed E-state index contributed by atoms with van der Waals surface area (Å²) >= 11 is 3.48. The zero-order valence-corrected chi connectivity index (χ0v) is 17.7. The molecule has 0 radical (unpaired) electrons. The highest BCUT2D eigenvalue weighted by Gasteiger charge is 2.25. The Morgan fingerprint density at radius 2 is 1.90 bits per heavy atom. The smallest absolute Gasteiger partial charge is 0.289 e. The molecule has 3 aromatic rings. The SMILES string of the molecule is N#Cc1c(N)[nH+]c2c(c1-c1ccc(COc3ccccc3Br)o1)CCCCCC2. The number of nitriles is 1. The maximum Gasteiger partial charge on any atom is 0.289 e. The van der Waals surface area contributed by atoms with Gasteiger partial charge in [-0.05, 0) is 59.5 Å². The van der Waals surface area contributed by atoms with E-state index in [0.29, 0.717) is 29.5 Å². The predicted molar refractivity (Wildman–Crippen MR) is 114 cm³/mol. The summed E-state index contributed by atoms with van der Waals surface area (Å²) in [6.07, 6.45) is 6.50. The Hall–Kier alpha value is -2.78. The molecule has 0 saturated carbocycles. The highest BCUT2D eigenvalue weighted by Crippen LogP contribution is 2.35. The van der Waals surface area contributed by atoms with Crippen LogP contribution < -0.4 is 15.5 Å². The van der Waals surface area contributed by atoms with Gasteiger partial charge in [0.05, 0.1) is 10.0 Å². The van der Waals surface area contributed by atoms with Gasteiger partial charge >= 0.3 is 0 Å². The number of nitrogen functional groups attached to an aromatic ring is 1. The number of halogens is 1. The maximum atomic E-state index is 9.76. The number of benzene rings is 1. The number of rotatable bonds is 4. The van der Waals surface area contributed by atoms with Crippen LogP contribution in [-0.2, 0) is 19.4 Å². The van der Waals surface area contributed by atoms with Gasteiger partial charge in [0.25, 0.3) is 5.82 Å². The summed E-state index contributed by atoms with van der Waals surface area (Å²) in [6.45, 7) is 0.307. The fourth-order valence-electron chi connectivity index (χ4n) is 3.87. The summed E-state index contributed by atoms with van der Waals surface area (Å²) in [6, 6.07) is 13.8. The highest BCUT2D eigenvalue weighted by molar-refractivity contribution is 9.10. The number of pyridine rings is 1. The van der Waals surface area contributed by atoms with Gasteiger partial charge in [-0.2, -0.15) is 5.26 Å². The van der Waals surface area contributed by atoms with Crippen molar-refractivity contribution in [1.82, 2.24) is 0 Å². The lowest BCUT2D eigenvalue weighted by atomic mass is 9.90. The molecule has 0 spiro atoms. The van der Waals surface area contributed by atoms with Crippen molar-refractivity contribution in [1.29, 1.82) is 5.26 Å². The number of aromatic nitrogens is 1. The van der Waals surface area contributed by atoms with Gasteiger partial charge in [0.15, 0.2) is 5.56 Å². The fourth-order valence-corrected chi connectivity index (χ4v) is 4.27. The second kappa shape index (κ2) is 8.71. The topological polar surface area (TPSA) is 86.3 Å². The third-order valence-corrected chi connectivity index (χ3v) is 5.96. The van der Waals surface area contributed by atoms with E-state index < -0.39 is 0 Å². The molecule has 0 fully saturated rings. The Bertz CT molecular complexity index is 1070. The number of nitrogens with two attached hydrogens (primary N) is 1. The maximum absolute atomic E-state index is 9.76. The van der Waals surface area contributed by atoms with Crippen LogP contribution in [0.1, 0.15) is 48.3 Å². The minimum atomic E-state index is 0.307. The van der Waals surface area contributed by atoms with Gasteiger partial charge in [-0.15, -0.1) is 0 Å². The molecule has 0 saturated heterocycles. The Balaban J connectivity index is 1.68. The van der Waals surface area contributed by atoms with Crippen molar-refractivity contribution in [2.24, 2.45) is 0 Å². The first kappa shape index (κ1) is 19.5. The van der Waals surface area contributed by atoms with Crippen LogP contribution in [0.5, 0.6) is 5.75 Å². The van der Waals surface area contributed by atoms with Gasteiger partial charge in [-0.1, -0.05) is 25.0 Å². The Kier molecular flexibility index (Phi) is 5.86. The van der Waals surface area contributed by atoms with Gasteiger partial charge in [0, 0.05) is 12.0 Å². The number of para-hydroxylation sites is 1. The second-order valence-corrected chi connectivity index (χ2v) is 8.11. The summed E-state index contributed by atoms with van der Waals surface area (Å²) < 4.78 is 12.9. The van der Waals surface area contributed by atoms with Crippen LogP contribution in [0.2, 0.25) is 0 Å². The molecule has 29 heavy (non-hydrogen) atoms. The van der Waals surface area contributed by atoms with Crippen LogP contribution in [0.25, 0.3) is 11.3 Å². The molecular weight excluding hydrogens is 430 g/mol. The number of hydrogen-bond donors (Lipinski definition) is 1. The molecule has 4 rings (SSSR count). The average molecular weight is 453 g/mol. The normalized spacial score (nSPS) is 13.8. The molecule has 6 heteroatoms. The van der Waals surface area contributed by atoms with E-state index in [1.54, 1.807) is 0 Å². The number of fused-ring (bicyclic) bond motifs is 1. The number of aryl methyl sites for hydroxylation is 1. The molecule has 0 unspecified atom stereocenters. The molecule has 2 heterocycles. The summed E-state index contributed by atoms with van der Waals surface area (Å²) in [7, 11) is 0. The first-order chi connectivity index (χ1) is 14.2. The van der Waals surface area contributed by atoms with Crippen LogP contribution >= 0.6 is 15.9 Å². The van der Waals surface area contributed by atoms with Crippen LogP contribution in [-0.4, -0.2) is 0 Å². The first-order valence-corrected chi connectivity index (χ1v) is 10.7. The number of nitrogens with zero attached hydrogens (tertiary/aromatic N) is 1. The zero-order valence-electron chi connectivity index (χ0n) is 16.1. The quantitative estimate of drug-likeness (QED) is 0.587. The van der Waals surface area contributed by atoms with Crippen LogP contribution in [0.3, 0.4) is 0 Å². The number of aromatic amines is 1. The largest absolute Gasteiger partial charge is 0.484 e. The monoisotopic (exact) mass is 452 g/mol. The zero-order chi connectivity index (χ0) is 20.2. The summed E-state index contributed by atoms with van der Waals surface area (Å²) in [5.41, 5.74) is 9.75. The van der Waals surface area contributed by atoms with Gasteiger partial charge in [0.2, 0.25) is 0 Å². The molecular formula is C23H23BrN3O2+. The standard InChI is InChI=1S/C23H22BrN3O2/c24-18-8-5-6-10-20(18)28-14-15-11-12-21(29-15)22-16-7-3-1-2-4-9-19(16)27-23(26)17(22)13-25/h5-6,8,10-12H,1-4,7,9,14H2,(H2,26,27)/p+1. The number of nitrogens with one attached hydrogen (secondary N) is 1. The second-order valence-electron chi connectivity index (χ2n) is 7.26. The van der Waals surface area contributed by atoms with Gasteiger partial charge in [0.1, 0.15) is 35.6 Å². The molecule has 2 aromatic heterocycles. The molecule has 1 aromatic carbocycles. The van der Waals surface area contributed by atoms with Crippen molar-refractivity contribution in [3.05, 3.63) is 63.5 Å². The molecule has 1 aliphatic rings. The summed E-state index contributed by atoms with van der Waals surface area (Å²) in [5, 5.41) is 9.76. The van der Waals surface area contributed by atoms with Gasteiger partial charge in [-0.25, -0.2) is 4.98 Å². The van der Waals surface area contributed by atoms with E-state index in [-0.39, 0.29) is 0 Å². The molecule has 0 amide bonds. The highest BCUT2D eigenvalue weighted by atomic mass is 79.9. The minimum absolute atomic E-state index is 0.307. The van der Waals surface area contributed by atoms with E-state index >= 15 is 0 Å². The van der Waals surface area contributed by atoms with Crippen molar-refractivity contribution in [2.45, 2.75) is 45.1 Å². The molecule has 148 valence electrons. The van der Waals surface area contributed by atoms with E-state index in [4.69, 9.17) is 14.9 Å². The van der Waals surface area contributed by atoms with Crippen molar-refractivity contribution >= 4 is 21.7 Å². The van der Waals surface area contributed by atoms with E-state index in [0.717, 1.165) is 52.7 Å². The van der Waals surface area contributed by atoms with Gasteiger partial charge in [-0.3, -0.25) is 5.73 Å². The van der Waals surface area contributed by atoms with E-state index in [1.807, 2.05) is 36.4 Å². The third kappa shape index (κ3) is 4.15. The van der Waals surface area contributed by atoms with Crippen LogP contribution in [0.4, 0.5) is 5.82 Å². The predicted octanol–water partition coefficient (Wildman–Crippen LogP) is 5.22. The number of furan rings is 1. The van der Waals surface area contributed by atoms with Crippen LogP contribution in [0.15, 0.2) is 45.3 Å². The number of hydrogen-bond acceptors (Lipinski definition) is 4. The Morgan fingerprint density at radius 1 is 1.10 bits per heavy atom. The van der Waals surface area contributed by atoms with Crippen molar-refractivity contribution in [3.8, 4) is 23.1 Å². The number of anilines is 1. The van der Waals surface area contributed by atoms with Gasteiger partial charge < -0.3 is 9.15 Å². The van der Waals surface area contributed by atoms with Crippen molar-refractivity contribution in [3.63, 3.8) is 0 Å². The molecule has 0 bridgehead atoms. The van der Waals surface area contributed by atoms with Crippen molar-refractivity contribution < 1.29 is 14.1 Å². The summed E-state index contributed by atoms with van der Waals surface area (Å²) in [5.74, 6) is 2.53. The van der Waals surface area contributed by atoms with Crippen LogP contribution in [0, 0.1) is 11.3 Å². The molecule has 3 N–H and O–H groups in total. The van der Waals surface area contributed by atoms with Crippen molar-refractivity contribution in [2.75, 3.05) is 5.73 Å². The average Bonchev–Trinajstić information content (AvgIpc) is 3.16. The molecule has 5 nitrogen and oxygen atoms in total. The molecule has 0 atom stereocenters. The molecule has 1 aliphatic carbocycles. The first-order valence-electron chi connectivity index (χ1n) is 9.90. The lowest BCUT2D eigenvalue weighted by molar-refractivity contribution is -0.374. The minimum Gasteiger partial charge on any atom is -0.484 e.